The Labute approximate surface area is 115 Å². The highest BCUT2D eigenvalue weighted by molar-refractivity contribution is 9.10. The second-order valence-corrected chi connectivity index (χ2v) is 5.56. The summed E-state index contributed by atoms with van der Waals surface area (Å²) in [5.74, 6) is -0.802. The fourth-order valence-electron chi connectivity index (χ4n) is 1.53. The molecule has 4 nitrogen and oxygen atoms in total. The molecular formula is C13H15BrN2O2. The number of carboxylic acids is 1. The summed E-state index contributed by atoms with van der Waals surface area (Å²) in [7, 11) is 0. The van der Waals surface area contributed by atoms with Crippen LogP contribution in [-0.4, -0.2) is 16.6 Å². The Morgan fingerprint density at radius 3 is 2.72 bits per heavy atom. The molecule has 1 aromatic rings. The first-order valence-corrected chi connectivity index (χ1v) is 6.33. The van der Waals surface area contributed by atoms with Crippen LogP contribution in [0.5, 0.6) is 0 Å². The van der Waals surface area contributed by atoms with Gasteiger partial charge in [-0.05, 0) is 54.4 Å². The van der Waals surface area contributed by atoms with Crippen LogP contribution >= 0.6 is 15.9 Å². The summed E-state index contributed by atoms with van der Waals surface area (Å²) >= 11 is 3.39. The van der Waals surface area contributed by atoms with E-state index in [1.54, 1.807) is 12.1 Å². The summed E-state index contributed by atoms with van der Waals surface area (Å²) in [4.78, 5) is 10.6. The molecule has 18 heavy (non-hydrogen) atoms. The van der Waals surface area contributed by atoms with Crippen molar-refractivity contribution < 1.29 is 9.90 Å². The highest BCUT2D eigenvalue weighted by Crippen LogP contribution is 2.27. The number of anilines is 1. The van der Waals surface area contributed by atoms with Gasteiger partial charge in [0, 0.05) is 22.1 Å². The molecule has 5 heteroatoms. The van der Waals surface area contributed by atoms with Gasteiger partial charge in [0.1, 0.15) is 0 Å². The Morgan fingerprint density at radius 2 is 2.22 bits per heavy atom. The van der Waals surface area contributed by atoms with Gasteiger partial charge in [-0.15, -0.1) is 0 Å². The number of rotatable bonds is 5. The molecule has 1 rings (SSSR count). The third kappa shape index (κ3) is 4.38. The van der Waals surface area contributed by atoms with Crippen LogP contribution in [0, 0.1) is 11.3 Å². The van der Waals surface area contributed by atoms with E-state index in [-0.39, 0.29) is 12.0 Å². The van der Waals surface area contributed by atoms with Gasteiger partial charge in [-0.25, -0.2) is 0 Å². The van der Waals surface area contributed by atoms with Gasteiger partial charge in [0.15, 0.2) is 0 Å². The smallest absolute Gasteiger partial charge is 0.303 e. The first kappa shape index (κ1) is 14.5. The molecule has 0 aliphatic carbocycles. The lowest BCUT2D eigenvalue weighted by Crippen LogP contribution is -2.31. The van der Waals surface area contributed by atoms with Gasteiger partial charge in [-0.2, -0.15) is 5.26 Å². The lowest BCUT2D eigenvalue weighted by Gasteiger charge is -2.27. The van der Waals surface area contributed by atoms with E-state index in [4.69, 9.17) is 10.4 Å². The molecule has 0 radical (unpaired) electrons. The first-order chi connectivity index (χ1) is 8.34. The van der Waals surface area contributed by atoms with Gasteiger partial charge in [0.05, 0.1) is 11.6 Å². The van der Waals surface area contributed by atoms with Crippen molar-refractivity contribution >= 4 is 27.6 Å². The largest absolute Gasteiger partial charge is 0.481 e. The van der Waals surface area contributed by atoms with Crippen LogP contribution in [0.25, 0.3) is 0 Å². The van der Waals surface area contributed by atoms with E-state index in [1.165, 1.54) is 0 Å². The molecule has 0 unspecified atom stereocenters. The molecule has 0 atom stereocenters. The third-order valence-electron chi connectivity index (χ3n) is 2.54. The molecule has 0 saturated carbocycles. The molecule has 0 aliphatic heterocycles. The van der Waals surface area contributed by atoms with Gasteiger partial charge in [0.2, 0.25) is 0 Å². The molecule has 0 aromatic heterocycles. The summed E-state index contributed by atoms with van der Waals surface area (Å²) in [5, 5.41) is 20.7. The minimum absolute atomic E-state index is 0.119. The first-order valence-electron chi connectivity index (χ1n) is 5.54. The van der Waals surface area contributed by atoms with E-state index in [1.807, 2.05) is 19.9 Å². The fraction of sp³-hybridized carbons (Fsp3) is 0.385. The number of carbonyl (C=O) groups is 1. The topological polar surface area (TPSA) is 73.1 Å². The highest BCUT2D eigenvalue weighted by atomic mass is 79.9. The number of nitrogens with zero attached hydrogens (tertiary/aromatic N) is 1. The van der Waals surface area contributed by atoms with Gasteiger partial charge in [-0.3, -0.25) is 4.79 Å². The molecule has 0 spiro atoms. The summed E-state index contributed by atoms with van der Waals surface area (Å²) in [6, 6.07) is 7.33. The Bertz CT molecular complexity index is 492. The van der Waals surface area contributed by atoms with Crippen LogP contribution in [0.3, 0.4) is 0 Å². The van der Waals surface area contributed by atoms with Crippen LogP contribution < -0.4 is 5.32 Å². The minimum atomic E-state index is -0.802. The molecule has 2 N–H and O–H groups in total. The number of carboxylic acid groups (broad SMARTS) is 1. The normalized spacial score (nSPS) is 10.8. The molecular weight excluding hydrogens is 296 g/mol. The molecule has 0 amide bonds. The van der Waals surface area contributed by atoms with Crippen LogP contribution in [0.4, 0.5) is 5.69 Å². The van der Waals surface area contributed by atoms with Crippen molar-refractivity contribution in [2.24, 2.45) is 0 Å². The average molecular weight is 311 g/mol. The summed E-state index contributed by atoms with van der Waals surface area (Å²) in [5.41, 5.74) is 1.11. The van der Waals surface area contributed by atoms with Gasteiger partial charge in [0.25, 0.3) is 0 Å². The maximum atomic E-state index is 10.6. The number of hydrogen-bond acceptors (Lipinski definition) is 3. The van der Waals surface area contributed by atoms with Crippen molar-refractivity contribution in [3.8, 4) is 6.07 Å². The predicted molar refractivity (Wildman–Crippen MR) is 73.4 cm³/mol. The van der Waals surface area contributed by atoms with Crippen molar-refractivity contribution in [2.75, 3.05) is 5.32 Å². The maximum absolute atomic E-state index is 10.6. The van der Waals surface area contributed by atoms with E-state index >= 15 is 0 Å². The summed E-state index contributed by atoms with van der Waals surface area (Å²) < 4.78 is 0.796. The van der Waals surface area contributed by atoms with E-state index in [9.17, 15) is 4.79 Å². The van der Waals surface area contributed by atoms with Gasteiger partial charge >= 0.3 is 5.97 Å². The lowest BCUT2D eigenvalue weighted by molar-refractivity contribution is -0.137. The second kappa shape index (κ2) is 5.87. The number of benzene rings is 1. The second-order valence-electron chi connectivity index (χ2n) is 4.71. The van der Waals surface area contributed by atoms with Crippen molar-refractivity contribution in [1.82, 2.24) is 0 Å². The van der Waals surface area contributed by atoms with E-state index < -0.39 is 5.97 Å². The monoisotopic (exact) mass is 310 g/mol. The standard InChI is InChI=1S/C13H15BrN2O2/c1-13(2,6-5-12(17)18)16-11-4-3-9(8-15)7-10(11)14/h3-4,7,16H,5-6H2,1-2H3,(H,17,18). The molecule has 1 aromatic carbocycles. The van der Waals surface area contributed by atoms with Crippen LogP contribution in [-0.2, 0) is 4.79 Å². The summed E-state index contributed by atoms with van der Waals surface area (Å²) in [6.07, 6.45) is 0.642. The van der Waals surface area contributed by atoms with Crippen molar-refractivity contribution in [3.05, 3.63) is 28.2 Å². The van der Waals surface area contributed by atoms with Crippen LogP contribution in [0.2, 0.25) is 0 Å². The fourth-order valence-corrected chi connectivity index (χ4v) is 2.01. The van der Waals surface area contributed by atoms with Crippen LogP contribution in [0.1, 0.15) is 32.3 Å². The van der Waals surface area contributed by atoms with E-state index in [0.29, 0.717) is 12.0 Å². The highest BCUT2D eigenvalue weighted by Gasteiger charge is 2.19. The molecule has 0 aliphatic rings. The number of nitrogens with one attached hydrogen (secondary N) is 1. The Morgan fingerprint density at radius 1 is 1.56 bits per heavy atom. The number of nitriles is 1. The average Bonchev–Trinajstić information content (AvgIpc) is 2.29. The van der Waals surface area contributed by atoms with Crippen LogP contribution in [0.15, 0.2) is 22.7 Å². The quantitative estimate of drug-likeness (QED) is 0.874. The zero-order valence-corrected chi connectivity index (χ0v) is 11.9. The summed E-state index contributed by atoms with van der Waals surface area (Å²) in [6.45, 7) is 3.89. The number of halogens is 1. The molecule has 96 valence electrons. The zero-order valence-electron chi connectivity index (χ0n) is 10.3. The Hall–Kier alpha value is -1.54. The maximum Gasteiger partial charge on any atom is 0.303 e. The van der Waals surface area contributed by atoms with Gasteiger partial charge in [-0.1, -0.05) is 0 Å². The Balaban J connectivity index is 2.78. The van der Waals surface area contributed by atoms with Crippen molar-refractivity contribution in [2.45, 2.75) is 32.2 Å². The molecule has 0 bridgehead atoms. The lowest BCUT2D eigenvalue weighted by atomic mass is 9.98. The third-order valence-corrected chi connectivity index (χ3v) is 3.19. The molecule has 0 saturated heterocycles. The molecule has 0 fully saturated rings. The molecule has 0 heterocycles. The Kier molecular flexibility index (Phi) is 4.74. The van der Waals surface area contributed by atoms with E-state index in [0.717, 1.165) is 10.2 Å². The number of hydrogen-bond donors (Lipinski definition) is 2. The minimum Gasteiger partial charge on any atom is -0.481 e. The number of aliphatic carboxylic acids is 1. The van der Waals surface area contributed by atoms with E-state index in [2.05, 4.69) is 27.3 Å². The zero-order chi connectivity index (χ0) is 13.8. The van der Waals surface area contributed by atoms with Crippen molar-refractivity contribution in [1.29, 1.82) is 5.26 Å². The predicted octanol–water partition coefficient (Wildman–Crippen LogP) is 3.38. The van der Waals surface area contributed by atoms with Gasteiger partial charge < -0.3 is 10.4 Å². The SMILES string of the molecule is CC(C)(CCC(=O)O)Nc1ccc(C#N)cc1Br. The van der Waals surface area contributed by atoms with Crippen molar-refractivity contribution in [3.63, 3.8) is 0 Å².